The van der Waals surface area contributed by atoms with Crippen LogP contribution in [-0.4, -0.2) is 29.9 Å². The van der Waals surface area contributed by atoms with Gasteiger partial charge < -0.3 is 15.6 Å². The van der Waals surface area contributed by atoms with E-state index in [1.54, 1.807) is 30.3 Å². The fourth-order valence-corrected chi connectivity index (χ4v) is 2.35. The molecule has 0 bridgehead atoms. The molecule has 1 amide bonds. The van der Waals surface area contributed by atoms with Crippen molar-refractivity contribution in [2.24, 2.45) is 10.7 Å². The minimum Gasteiger partial charge on any atom is -0.493 e. The number of carbonyl (C=O) groups excluding carboxylic acids is 1. The normalized spacial score (nSPS) is 10.5. The summed E-state index contributed by atoms with van der Waals surface area (Å²) >= 11 is 3.32. The lowest BCUT2D eigenvalue weighted by atomic mass is 10.1. The first-order valence-electron chi connectivity index (χ1n) is 7.53. The van der Waals surface area contributed by atoms with Gasteiger partial charge in [0.1, 0.15) is 17.4 Å². The highest BCUT2D eigenvalue weighted by atomic mass is 79.9. The minimum absolute atomic E-state index is 0.157. The molecule has 0 aliphatic heterocycles. The van der Waals surface area contributed by atoms with Crippen LogP contribution >= 0.6 is 15.9 Å². The molecule has 0 aliphatic rings. The highest BCUT2D eigenvalue weighted by molar-refractivity contribution is 9.10. The molecule has 0 unspecified atom stereocenters. The van der Waals surface area contributed by atoms with Gasteiger partial charge in [0, 0.05) is 10.9 Å². The summed E-state index contributed by atoms with van der Waals surface area (Å²) in [6, 6.07) is 11.0. The summed E-state index contributed by atoms with van der Waals surface area (Å²) in [5.41, 5.74) is 6.94. The van der Waals surface area contributed by atoms with Crippen LogP contribution in [0.2, 0.25) is 0 Å². The van der Waals surface area contributed by atoms with Crippen LogP contribution in [-0.2, 0) is 11.2 Å². The fraction of sp³-hybridized carbons (Fsp3) is 0.167. The highest BCUT2D eigenvalue weighted by Crippen LogP contribution is 2.24. The molecule has 0 fully saturated rings. The zero-order chi connectivity index (χ0) is 19.5. The third-order valence-corrected chi connectivity index (χ3v) is 3.51. The van der Waals surface area contributed by atoms with E-state index in [0.29, 0.717) is 17.9 Å². The van der Waals surface area contributed by atoms with Crippen molar-refractivity contribution in [1.29, 1.82) is 0 Å². The number of carbonyl (C=O) groups is 2. The topological polar surface area (TPSA) is 102 Å². The number of rotatable bonds is 5. The molecule has 2 rings (SSSR count). The second-order valence-electron chi connectivity index (χ2n) is 4.89. The molecular formula is C18H18BrFN2O4. The first-order valence-corrected chi connectivity index (χ1v) is 8.32. The Kier molecular flexibility index (Phi) is 9.00. The molecule has 0 atom stereocenters. The number of aliphatic imine (C=N–C) groups is 1. The van der Waals surface area contributed by atoms with E-state index in [-0.39, 0.29) is 24.5 Å². The Morgan fingerprint density at radius 3 is 2.50 bits per heavy atom. The van der Waals surface area contributed by atoms with Crippen molar-refractivity contribution in [3.05, 3.63) is 63.9 Å². The number of amidine groups is 1. The van der Waals surface area contributed by atoms with Crippen LogP contribution in [0.3, 0.4) is 0 Å². The van der Waals surface area contributed by atoms with E-state index in [0.717, 1.165) is 10.0 Å². The van der Waals surface area contributed by atoms with E-state index < -0.39 is 5.91 Å². The van der Waals surface area contributed by atoms with Crippen LogP contribution < -0.4 is 10.5 Å². The van der Waals surface area contributed by atoms with Crippen molar-refractivity contribution < 1.29 is 23.8 Å². The number of nitrogens with two attached hydrogens (primary N) is 1. The number of halogens is 2. The van der Waals surface area contributed by atoms with E-state index in [4.69, 9.17) is 20.4 Å². The maximum Gasteiger partial charge on any atom is 0.290 e. The van der Waals surface area contributed by atoms with Crippen molar-refractivity contribution in [1.82, 2.24) is 0 Å². The average Bonchev–Trinajstić information content (AvgIpc) is 2.59. The van der Waals surface area contributed by atoms with Gasteiger partial charge in [0.05, 0.1) is 12.2 Å². The van der Waals surface area contributed by atoms with Crippen LogP contribution in [0.25, 0.3) is 0 Å². The molecular weight excluding hydrogens is 407 g/mol. The largest absolute Gasteiger partial charge is 0.493 e. The van der Waals surface area contributed by atoms with Crippen LogP contribution in [0, 0.1) is 5.82 Å². The van der Waals surface area contributed by atoms with Crippen LogP contribution in [0.1, 0.15) is 22.8 Å². The van der Waals surface area contributed by atoms with Gasteiger partial charge in [0.2, 0.25) is 0 Å². The van der Waals surface area contributed by atoms with Gasteiger partial charge in [-0.15, -0.1) is 0 Å². The molecule has 8 heteroatoms. The zero-order valence-electron chi connectivity index (χ0n) is 14.0. The number of amides is 1. The first kappa shape index (κ1) is 21.3. The van der Waals surface area contributed by atoms with Gasteiger partial charge in [-0.05, 0) is 42.8 Å². The summed E-state index contributed by atoms with van der Waals surface area (Å²) in [5, 5.41) is 6.89. The van der Waals surface area contributed by atoms with Crippen LogP contribution in [0.15, 0.2) is 51.9 Å². The summed E-state index contributed by atoms with van der Waals surface area (Å²) < 4.78 is 19.1. The number of ether oxygens (including phenoxy) is 1. The molecule has 2 aromatic carbocycles. The lowest BCUT2D eigenvalue weighted by molar-refractivity contribution is -0.122. The first-order chi connectivity index (χ1) is 12.4. The van der Waals surface area contributed by atoms with Crippen molar-refractivity contribution in [3.63, 3.8) is 0 Å². The maximum absolute atomic E-state index is 12.9. The number of nitrogens with zero attached hydrogens (tertiary/aromatic N) is 1. The minimum atomic E-state index is -0.477. The zero-order valence-corrected chi connectivity index (χ0v) is 15.6. The molecule has 6 nitrogen and oxygen atoms in total. The van der Waals surface area contributed by atoms with E-state index >= 15 is 0 Å². The third-order valence-electron chi connectivity index (χ3n) is 3.02. The number of carboxylic acid groups (broad SMARTS) is 1. The summed E-state index contributed by atoms with van der Waals surface area (Å²) in [6.45, 7) is 2.03. The molecule has 26 heavy (non-hydrogen) atoms. The monoisotopic (exact) mass is 424 g/mol. The van der Waals surface area contributed by atoms with Gasteiger partial charge in [-0.3, -0.25) is 9.59 Å². The maximum atomic E-state index is 12.9. The van der Waals surface area contributed by atoms with Crippen molar-refractivity contribution in [2.45, 2.75) is 13.3 Å². The Morgan fingerprint density at radius 2 is 1.92 bits per heavy atom. The molecule has 0 saturated carbocycles. The second-order valence-corrected chi connectivity index (χ2v) is 5.81. The summed E-state index contributed by atoms with van der Waals surface area (Å²) in [6.07, 6.45) is 0.268. The predicted octanol–water partition coefficient (Wildman–Crippen LogP) is 3.43. The van der Waals surface area contributed by atoms with E-state index in [9.17, 15) is 9.18 Å². The van der Waals surface area contributed by atoms with Gasteiger partial charge >= 0.3 is 0 Å². The Bertz CT molecular complexity index is 779. The van der Waals surface area contributed by atoms with Gasteiger partial charge in [-0.2, -0.15) is 4.99 Å². The molecule has 0 aliphatic carbocycles. The van der Waals surface area contributed by atoms with Crippen molar-refractivity contribution in [2.75, 3.05) is 6.61 Å². The summed E-state index contributed by atoms with van der Waals surface area (Å²) in [5.74, 6) is -0.187. The highest BCUT2D eigenvalue weighted by Gasteiger charge is 2.13. The number of hydrogen-bond acceptors (Lipinski definition) is 3. The predicted molar refractivity (Wildman–Crippen MR) is 100 cm³/mol. The van der Waals surface area contributed by atoms with Gasteiger partial charge in [-0.1, -0.05) is 28.1 Å². The van der Waals surface area contributed by atoms with E-state index in [1.807, 2.05) is 6.92 Å². The fourth-order valence-electron chi connectivity index (χ4n) is 1.99. The Labute approximate surface area is 158 Å². The quantitative estimate of drug-likeness (QED) is 0.434. The van der Waals surface area contributed by atoms with Gasteiger partial charge in [0.25, 0.3) is 12.4 Å². The van der Waals surface area contributed by atoms with Crippen molar-refractivity contribution >= 4 is 34.1 Å². The molecule has 2 aromatic rings. The number of hydrogen-bond donors (Lipinski definition) is 2. The molecule has 3 N–H and O–H groups in total. The van der Waals surface area contributed by atoms with Gasteiger partial charge in [-0.25, -0.2) is 4.39 Å². The Hall–Kier alpha value is -2.74. The lowest BCUT2D eigenvalue weighted by Gasteiger charge is -2.08. The molecule has 0 saturated heterocycles. The molecule has 0 radical (unpaired) electrons. The average molecular weight is 425 g/mol. The van der Waals surface area contributed by atoms with Crippen LogP contribution in [0.5, 0.6) is 5.75 Å². The van der Waals surface area contributed by atoms with Gasteiger partial charge in [0.15, 0.2) is 0 Å². The summed E-state index contributed by atoms with van der Waals surface area (Å²) in [7, 11) is 0. The van der Waals surface area contributed by atoms with E-state index in [1.165, 1.54) is 12.1 Å². The molecule has 138 valence electrons. The third kappa shape index (κ3) is 7.02. The standard InChI is InChI=1S/C17H16BrFN2O2.CH2O2/c1-2-23-15-8-5-12(18)10-14(15)17(22)21-16(20)9-11-3-6-13(19)7-4-11;2-1-3/h3-8,10H,2,9H2,1H3,(H2,20,21,22);1H,(H,2,3). The molecule has 0 spiro atoms. The van der Waals surface area contributed by atoms with Crippen LogP contribution in [0.4, 0.5) is 4.39 Å². The van der Waals surface area contributed by atoms with E-state index in [2.05, 4.69) is 20.9 Å². The SMILES string of the molecule is CCOc1ccc(Br)cc1C(=O)N=C(N)Cc1ccc(F)cc1.O=CO. The second kappa shape index (κ2) is 11.0. The smallest absolute Gasteiger partial charge is 0.290 e. The lowest BCUT2D eigenvalue weighted by Crippen LogP contribution is -2.17. The number of benzene rings is 2. The molecule has 0 aromatic heterocycles. The Balaban J connectivity index is 0.00000105. The van der Waals surface area contributed by atoms with Crippen molar-refractivity contribution in [3.8, 4) is 5.75 Å². The Morgan fingerprint density at radius 1 is 1.31 bits per heavy atom. The molecule has 0 heterocycles. The summed E-state index contributed by atoms with van der Waals surface area (Å²) in [4.78, 5) is 24.6.